The summed E-state index contributed by atoms with van der Waals surface area (Å²) in [7, 11) is 1.42. The maximum absolute atomic E-state index is 13.7. The average molecular weight is 404 g/mol. The predicted molar refractivity (Wildman–Crippen MR) is 104 cm³/mol. The van der Waals surface area contributed by atoms with Crippen molar-refractivity contribution in [2.24, 2.45) is 0 Å². The highest BCUT2D eigenvalue weighted by molar-refractivity contribution is 5.91. The molecule has 1 aliphatic heterocycles. The Labute approximate surface area is 168 Å². The number of aryl methyl sites for hydroxylation is 2. The molecule has 1 N–H and O–H groups in total. The molecular formula is C20H25FN4O4. The van der Waals surface area contributed by atoms with E-state index < -0.39 is 5.82 Å². The molecule has 1 aliphatic rings. The second-order valence-corrected chi connectivity index (χ2v) is 7.00. The van der Waals surface area contributed by atoms with E-state index in [9.17, 15) is 14.0 Å². The van der Waals surface area contributed by atoms with E-state index in [4.69, 9.17) is 9.26 Å². The summed E-state index contributed by atoms with van der Waals surface area (Å²) < 4.78 is 23.6. The molecule has 1 aromatic heterocycles. The van der Waals surface area contributed by atoms with Crippen LogP contribution in [-0.4, -0.2) is 66.6 Å². The van der Waals surface area contributed by atoms with Crippen LogP contribution in [0.3, 0.4) is 0 Å². The Bertz CT molecular complexity index is 862. The van der Waals surface area contributed by atoms with Crippen molar-refractivity contribution < 1.29 is 23.2 Å². The highest BCUT2D eigenvalue weighted by Gasteiger charge is 2.22. The van der Waals surface area contributed by atoms with E-state index >= 15 is 0 Å². The second kappa shape index (κ2) is 9.51. The number of ether oxygens (including phenoxy) is 1. The van der Waals surface area contributed by atoms with Gasteiger partial charge in [0.2, 0.25) is 11.8 Å². The molecular weight excluding hydrogens is 379 g/mol. The number of carbonyl (C=O) groups is 2. The summed E-state index contributed by atoms with van der Waals surface area (Å²) >= 11 is 0. The molecule has 9 heteroatoms. The molecule has 8 nitrogen and oxygen atoms in total. The lowest BCUT2D eigenvalue weighted by atomic mass is 10.1. The SMILES string of the molecule is COc1ccc(CCC(=O)N2CCN(CC(=O)Nc3cc(C)on3)CC2)cc1F. The second-order valence-electron chi connectivity index (χ2n) is 7.00. The van der Waals surface area contributed by atoms with E-state index in [2.05, 4.69) is 10.5 Å². The monoisotopic (exact) mass is 404 g/mol. The maximum Gasteiger partial charge on any atom is 0.239 e. The van der Waals surface area contributed by atoms with Gasteiger partial charge in [0.1, 0.15) is 5.76 Å². The Balaban J connectivity index is 1.40. The Morgan fingerprint density at radius 2 is 2.00 bits per heavy atom. The number of piperazine rings is 1. The first-order valence-corrected chi connectivity index (χ1v) is 9.50. The van der Waals surface area contributed by atoms with Gasteiger partial charge in [0.15, 0.2) is 17.4 Å². The molecule has 0 aliphatic carbocycles. The zero-order valence-electron chi connectivity index (χ0n) is 16.6. The molecule has 0 saturated carbocycles. The topological polar surface area (TPSA) is 87.9 Å². The summed E-state index contributed by atoms with van der Waals surface area (Å²) in [4.78, 5) is 28.3. The molecule has 156 valence electrons. The predicted octanol–water partition coefficient (Wildman–Crippen LogP) is 1.85. The van der Waals surface area contributed by atoms with E-state index in [0.717, 1.165) is 5.56 Å². The van der Waals surface area contributed by atoms with Crippen LogP contribution in [-0.2, 0) is 16.0 Å². The lowest BCUT2D eigenvalue weighted by Gasteiger charge is -2.34. The van der Waals surface area contributed by atoms with Crippen LogP contribution in [0.5, 0.6) is 5.75 Å². The highest BCUT2D eigenvalue weighted by atomic mass is 19.1. The average Bonchev–Trinajstić information content (AvgIpc) is 3.11. The number of nitrogens with zero attached hydrogens (tertiary/aromatic N) is 3. The summed E-state index contributed by atoms with van der Waals surface area (Å²) in [6, 6.07) is 6.39. The van der Waals surface area contributed by atoms with Crippen LogP contribution in [0.25, 0.3) is 0 Å². The zero-order valence-corrected chi connectivity index (χ0v) is 16.6. The number of nitrogens with one attached hydrogen (secondary N) is 1. The third-order valence-corrected chi connectivity index (χ3v) is 4.83. The number of anilines is 1. The van der Waals surface area contributed by atoms with Crippen molar-refractivity contribution in [3.63, 3.8) is 0 Å². The summed E-state index contributed by atoms with van der Waals surface area (Å²) in [5.41, 5.74) is 0.759. The van der Waals surface area contributed by atoms with E-state index in [1.54, 1.807) is 30.0 Å². The van der Waals surface area contributed by atoms with Gasteiger partial charge in [-0.15, -0.1) is 0 Å². The largest absolute Gasteiger partial charge is 0.494 e. The highest BCUT2D eigenvalue weighted by Crippen LogP contribution is 2.19. The van der Waals surface area contributed by atoms with Gasteiger partial charge in [0.25, 0.3) is 0 Å². The van der Waals surface area contributed by atoms with Crippen LogP contribution in [0.2, 0.25) is 0 Å². The summed E-state index contributed by atoms with van der Waals surface area (Å²) in [6.45, 7) is 4.35. The molecule has 1 aromatic carbocycles. The minimum atomic E-state index is -0.426. The lowest BCUT2D eigenvalue weighted by molar-refractivity contribution is -0.133. The minimum absolute atomic E-state index is 0.0309. The first-order valence-electron chi connectivity index (χ1n) is 9.50. The molecule has 2 amide bonds. The standard InChI is InChI=1S/C20H25FN4O4/c1-14-11-18(23-29-14)22-19(26)13-24-7-9-25(10-8-24)20(27)6-4-15-3-5-17(28-2)16(21)12-15/h3,5,11-12H,4,6-10,13H2,1-2H3,(H,22,23,26). The molecule has 2 heterocycles. The van der Waals surface area contributed by atoms with Gasteiger partial charge < -0.3 is 19.5 Å². The number of carbonyl (C=O) groups excluding carboxylic acids is 2. The lowest BCUT2D eigenvalue weighted by Crippen LogP contribution is -2.50. The first kappa shape index (κ1) is 20.8. The van der Waals surface area contributed by atoms with Crippen molar-refractivity contribution in [1.82, 2.24) is 15.0 Å². The molecule has 0 spiro atoms. The molecule has 29 heavy (non-hydrogen) atoms. The van der Waals surface area contributed by atoms with Crippen LogP contribution < -0.4 is 10.1 Å². The number of methoxy groups -OCH3 is 1. The molecule has 3 rings (SSSR count). The summed E-state index contributed by atoms with van der Waals surface area (Å²) in [5, 5.41) is 6.43. The van der Waals surface area contributed by atoms with Crippen molar-refractivity contribution >= 4 is 17.6 Å². The maximum atomic E-state index is 13.7. The Hall–Kier alpha value is -2.94. The number of hydrogen-bond donors (Lipinski definition) is 1. The van der Waals surface area contributed by atoms with Crippen LogP contribution in [0.4, 0.5) is 10.2 Å². The third-order valence-electron chi connectivity index (χ3n) is 4.83. The third kappa shape index (κ3) is 5.77. The molecule has 1 fully saturated rings. The van der Waals surface area contributed by atoms with E-state index in [1.165, 1.54) is 13.2 Å². The van der Waals surface area contributed by atoms with Gasteiger partial charge >= 0.3 is 0 Å². The fraction of sp³-hybridized carbons (Fsp3) is 0.450. The van der Waals surface area contributed by atoms with Crippen LogP contribution >= 0.6 is 0 Å². The van der Waals surface area contributed by atoms with Crippen molar-refractivity contribution in [3.8, 4) is 5.75 Å². The minimum Gasteiger partial charge on any atom is -0.494 e. The van der Waals surface area contributed by atoms with Gasteiger partial charge in [-0.2, -0.15) is 0 Å². The van der Waals surface area contributed by atoms with Crippen molar-refractivity contribution in [1.29, 1.82) is 0 Å². The smallest absolute Gasteiger partial charge is 0.239 e. The van der Waals surface area contributed by atoms with Gasteiger partial charge in [-0.05, 0) is 31.0 Å². The number of rotatable bonds is 7. The number of benzene rings is 1. The summed E-state index contributed by atoms with van der Waals surface area (Å²) in [5.74, 6) is 0.660. The van der Waals surface area contributed by atoms with Gasteiger partial charge in [0.05, 0.1) is 13.7 Å². The molecule has 1 saturated heterocycles. The Kier molecular flexibility index (Phi) is 6.82. The Morgan fingerprint density at radius 3 is 2.62 bits per heavy atom. The van der Waals surface area contributed by atoms with Crippen LogP contribution in [0.15, 0.2) is 28.8 Å². The molecule has 0 radical (unpaired) electrons. The fourth-order valence-corrected chi connectivity index (χ4v) is 3.24. The van der Waals surface area contributed by atoms with Gasteiger partial charge in [-0.1, -0.05) is 11.2 Å². The van der Waals surface area contributed by atoms with Crippen molar-refractivity contribution in [2.45, 2.75) is 19.8 Å². The van der Waals surface area contributed by atoms with E-state index in [1.807, 2.05) is 4.90 Å². The van der Waals surface area contributed by atoms with Gasteiger partial charge in [0, 0.05) is 38.7 Å². The van der Waals surface area contributed by atoms with Gasteiger partial charge in [-0.3, -0.25) is 14.5 Å². The first-order chi connectivity index (χ1) is 13.9. The zero-order chi connectivity index (χ0) is 20.8. The fourth-order valence-electron chi connectivity index (χ4n) is 3.24. The molecule has 2 aromatic rings. The normalized spacial score (nSPS) is 14.7. The van der Waals surface area contributed by atoms with Crippen LogP contribution in [0.1, 0.15) is 17.7 Å². The van der Waals surface area contributed by atoms with E-state index in [-0.39, 0.29) is 24.1 Å². The van der Waals surface area contributed by atoms with Gasteiger partial charge in [-0.25, -0.2) is 4.39 Å². The van der Waals surface area contributed by atoms with E-state index in [0.29, 0.717) is 50.6 Å². The van der Waals surface area contributed by atoms with Crippen molar-refractivity contribution in [2.75, 3.05) is 45.2 Å². The molecule has 0 bridgehead atoms. The van der Waals surface area contributed by atoms with Crippen molar-refractivity contribution in [3.05, 3.63) is 41.4 Å². The number of amides is 2. The van der Waals surface area contributed by atoms with Crippen LogP contribution in [0, 0.1) is 12.7 Å². The molecule has 0 unspecified atom stereocenters. The number of halogens is 1. The molecule has 0 atom stereocenters. The number of hydrogen-bond acceptors (Lipinski definition) is 6. The number of aromatic nitrogens is 1. The Morgan fingerprint density at radius 1 is 1.24 bits per heavy atom. The summed E-state index contributed by atoms with van der Waals surface area (Å²) in [6.07, 6.45) is 0.789. The quantitative estimate of drug-likeness (QED) is 0.758.